The molecular formula is C19H20FNO. The third kappa shape index (κ3) is 2.89. The van der Waals surface area contributed by atoms with Gasteiger partial charge in [-0.2, -0.15) is 0 Å². The molecule has 2 aromatic carbocycles. The second-order valence-corrected chi connectivity index (χ2v) is 6.27. The summed E-state index contributed by atoms with van der Waals surface area (Å²) in [4.78, 5) is 12.3. The third-order valence-corrected chi connectivity index (χ3v) is 4.67. The second-order valence-electron chi connectivity index (χ2n) is 6.27. The van der Waals surface area contributed by atoms with Gasteiger partial charge in [-0.15, -0.1) is 0 Å². The molecule has 0 aromatic heterocycles. The highest BCUT2D eigenvalue weighted by Crippen LogP contribution is 2.47. The minimum atomic E-state index is -0.223. The fourth-order valence-electron chi connectivity index (χ4n) is 2.76. The smallest absolute Gasteiger partial charge is 0.251 e. The van der Waals surface area contributed by atoms with Gasteiger partial charge in [0.15, 0.2) is 0 Å². The van der Waals surface area contributed by atoms with Crippen LogP contribution in [0.1, 0.15) is 39.9 Å². The zero-order chi connectivity index (χ0) is 15.7. The Morgan fingerprint density at radius 1 is 1.09 bits per heavy atom. The van der Waals surface area contributed by atoms with Crippen molar-refractivity contribution >= 4 is 5.91 Å². The summed E-state index contributed by atoms with van der Waals surface area (Å²) in [6, 6.07) is 12.4. The van der Waals surface area contributed by atoms with Gasteiger partial charge in [0.1, 0.15) is 5.82 Å². The first-order valence-corrected chi connectivity index (χ1v) is 7.62. The molecular weight excluding hydrogens is 277 g/mol. The molecule has 1 amide bonds. The van der Waals surface area contributed by atoms with Crippen molar-refractivity contribution in [1.82, 2.24) is 5.32 Å². The van der Waals surface area contributed by atoms with Crippen LogP contribution in [0.3, 0.4) is 0 Å². The van der Waals surface area contributed by atoms with Crippen molar-refractivity contribution in [3.05, 3.63) is 70.5 Å². The minimum absolute atomic E-state index is 0.0108. The lowest BCUT2D eigenvalue weighted by atomic mass is 9.95. The van der Waals surface area contributed by atoms with E-state index in [0.717, 1.165) is 24.0 Å². The van der Waals surface area contributed by atoms with Crippen molar-refractivity contribution in [3.8, 4) is 0 Å². The number of rotatable bonds is 4. The van der Waals surface area contributed by atoms with Crippen LogP contribution in [0.5, 0.6) is 0 Å². The molecule has 2 aromatic rings. The number of carbonyl (C=O) groups is 1. The molecule has 0 radical (unpaired) electrons. The molecule has 3 heteroatoms. The van der Waals surface area contributed by atoms with Gasteiger partial charge in [-0.25, -0.2) is 4.39 Å². The van der Waals surface area contributed by atoms with E-state index in [2.05, 4.69) is 5.32 Å². The van der Waals surface area contributed by atoms with Crippen molar-refractivity contribution in [3.63, 3.8) is 0 Å². The molecule has 2 nitrogen and oxygen atoms in total. The molecule has 0 spiro atoms. The number of carbonyl (C=O) groups excluding carboxylic acids is 1. The topological polar surface area (TPSA) is 29.1 Å². The van der Waals surface area contributed by atoms with E-state index in [-0.39, 0.29) is 17.1 Å². The molecule has 1 saturated carbocycles. The van der Waals surface area contributed by atoms with Crippen LogP contribution in [-0.2, 0) is 5.41 Å². The molecule has 22 heavy (non-hydrogen) atoms. The van der Waals surface area contributed by atoms with Crippen LogP contribution in [0, 0.1) is 19.7 Å². The quantitative estimate of drug-likeness (QED) is 0.911. The molecule has 1 N–H and O–H groups in total. The average Bonchev–Trinajstić information content (AvgIpc) is 3.29. The highest BCUT2D eigenvalue weighted by atomic mass is 19.1. The van der Waals surface area contributed by atoms with E-state index in [0.29, 0.717) is 12.1 Å². The van der Waals surface area contributed by atoms with E-state index >= 15 is 0 Å². The van der Waals surface area contributed by atoms with Crippen LogP contribution >= 0.6 is 0 Å². The summed E-state index contributed by atoms with van der Waals surface area (Å²) in [5.41, 5.74) is 4.09. The van der Waals surface area contributed by atoms with Gasteiger partial charge in [-0.05, 0) is 67.6 Å². The van der Waals surface area contributed by atoms with Crippen LogP contribution in [0.4, 0.5) is 4.39 Å². The molecule has 114 valence electrons. The predicted octanol–water partition coefficient (Wildman–Crippen LogP) is 3.90. The van der Waals surface area contributed by atoms with Gasteiger partial charge in [0.25, 0.3) is 5.91 Å². The van der Waals surface area contributed by atoms with E-state index in [1.807, 2.05) is 44.2 Å². The average molecular weight is 297 g/mol. The van der Waals surface area contributed by atoms with Crippen molar-refractivity contribution in [1.29, 1.82) is 0 Å². The molecule has 0 bridgehead atoms. The van der Waals surface area contributed by atoms with Crippen molar-refractivity contribution in [2.24, 2.45) is 0 Å². The number of halogens is 1. The minimum Gasteiger partial charge on any atom is -0.351 e. The Hall–Kier alpha value is -2.16. The summed E-state index contributed by atoms with van der Waals surface area (Å²) >= 11 is 0. The van der Waals surface area contributed by atoms with Crippen molar-refractivity contribution in [2.75, 3.05) is 6.54 Å². The van der Waals surface area contributed by atoms with Crippen LogP contribution in [0.2, 0.25) is 0 Å². The SMILES string of the molecule is Cc1ccc(C(=O)NCC2(c3ccc(F)cc3)CC2)cc1C. The van der Waals surface area contributed by atoms with Gasteiger partial charge < -0.3 is 5.32 Å². The summed E-state index contributed by atoms with van der Waals surface area (Å²) in [5.74, 6) is -0.268. The molecule has 1 fully saturated rings. The third-order valence-electron chi connectivity index (χ3n) is 4.67. The van der Waals surface area contributed by atoms with Gasteiger partial charge in [0, 0.05) is 17.5 Å². The molecule has 0 aliphatic heterocycles. The maximum Gasteiger partial charge on any atom is 0.251 e. The number of benzene rings is 2. The molecule has 1 aliphatic rings. The highest BCUT2D eigenvalue weighted by Gasteiger charge is 2.44. The Kier molecular flexibility index (Phi) is 3.73. The lowest BCUT2D eigenvalue weighted by Crippen LogP contribution is -2.32. The Morgan fingerprint density at radius 2 is 1.77 bits per heavy atom. The first kappa shape index (κ1) is 14.8. The second kappa shape index (κ2) is 5.56. The standard InChI is InChI=1S/C19H20FNO/c1-13-3-4-15(11-14(13)2)18(22)21-12-19(9-10-19)16-5-7-17(20)8-6-16/h3-8,11H,9-10,12H2,1-2H3,(H,21,22). The van der Waals surface area contributed by atoms with Crippen LogP contribution in [0.25, 0.3) is 0 Å². The molecule has 3 rings (SSSR count). The Labute approximate surface area is 130 Å². The molecule has 1 aliphatic carbocycles. The fourth-order valence-corrected chi connectivity index (χ4v) is 2.76. The maximum atomic E-state index is 13.0. The van der Waals surface area contributed by atoms with Gasteiger partial charge >= 0.3 is 0 Å². The Morgan fingerprint density at radius 3 is 2.36 bits per heavy atom. The number of hydrogen-bond acceptors (Lipinski definition) is 1. The van der Waals surface area contributed by atoms with Gasteiger partial charge in [-0.3, -0.25) is 4.79 Å². The van der Waals surface area contributed by atoms with Gasteiger partial charge in [-0.1, -0.05) is 18.2 Å². The molecule has 0 unspecified atom stereocenters. The van der Waals surface area contributed by atoms with E-state index in [1.54, 1.807) is 0 Å². The largest absolute Gasteiger partial charge is 0.351 e. The van der Waals surface area contributed by atoms with Crippen LogP contribution in [-0.4, -0.2) is 12.5 Å². The number of hydrogen-bond donors (Lipinski definition) is 1. The van der Waals surface area contributed by atoms with E-state index in [1.165, 1.54) is 17.7 Å². The normalized spacial score (nSPS) is 15.4. The summed E-state index contributed by atoms with van der Waals surface area (Å²) in [6.07, 6.45) is 2.07. The predicted molar refractivity (Wildman–Crippen MR) is 85.6 cm³/mol. The number of amides is 1. The monoisotopic (exact) mass is 297 g/mol. The molecule has 0 saturated heterocycles. The maximum absolute atomic E-state index is 13.0. The highest BCUT2D eigenvalue weighted by molar-refractivity contribution is 5.94. The Bertz CT molecular complexity index is 702. The Balaban J connectivity index is 1.68. The van der Waals surface area contributed by atoms with E-state index in [9.17, 15) is 9.18 Å². The molecule has 0 heterocycles. The first-order chi connectivity index (χ1) is 10.5. The van der Waals surface area contributed by atoms with Crippen LogP contribution in [0.15, 0.2) is 42.5 Å². The van der Waals surface area contributed by atoms with Gasteiger partial charge in [0.2, 0.25) is 0 Å². The summed E-state index contributed by atoms with van der Waals surface area (Å²) in [6.45, 7) is 4.64. The zero-order valence-corrected chi connectivity index (χ0v) is 12.9. The fraction of sp³-hybridized carbons (Fsp3) is 0.316. The summed E-state index contributed by atoms with van der Waals surface area (Å²) < 4.78 is 13.0. The summed E-state index contributed by atoms with van der Waals surface area (Å²) in [7, 11) is 0. The van der Waals surface area contributed by atoms with E-state index in [4.69, 9.17) is 0 Å². The van der Waals surface area contributed by atoms with Crippen LogP contribution < -0.4 is 5.32 Å². The lowest BCUT2D eigenvalue weighted by Gasteiger charge is -2.17. The van der Waals surface area contributed by atoms with Gasteiger partial charge in [0.05, 0.1) is 0 Å². The van der Waals surface area contributed by atoms with Crippen molar-refractivity contribution < 1.29 is 9.18 Å². The number of nitrogens with one attached hydrogen (secondary N) is 1. The van der Waals surface area contributed by atoms with E-state index < -0.39 is 0 Å². The van der Waals surface area contributed by atoms with Crippen molar-refractivity contribution in [2.45, 2.75) is 32.1 Å². The number of aryl methyl sites for hydroxylation is 2. The molecule has 0 atom stereocenters. The summed E-state index contributed by atoms with van der Waals surface area (Å²) in [5, 5.41) is 3.03. The first-order valence-electron chi connectivity index (χ1n) is 7.62. The zero-order valence-electron chi connectivity index (χ0n) is 12.9. The lowest BCUT2D eigenvalue weighted by molar-refractivity contribution is 0.0949.